The van der Waals surface area contributed by atoms with Crippen molar-refractivity contribution in [2.45, 2.75) is 20.9 Å². The molecule has 0 N–H and O–H groups in total. The molecule has 3 heteroatoms. The first-order valence-corrected chi connectivity index (χ1v) is 8.34. The molecule has 0 saturated heterocycles. The normalized spacial score (nSPS) is 10.3. The van der Waals surface area contributed by atoms with Crippen LogP contribution in [0.15, 0.2) is 86.1 Å². The van der Waals surface area contributed by atoms with Crippen LogP contribution in [0.5, 0.6) is 0 Å². The highest BCUT2D eigenvalue weighted by molar-refractivity contribution is 7.98. The molecule has 0 aliphatic rings. The van der Waals surface area contributed by atoms with Crippen LogP contribution in [0.25, 0.3) is 0 Å². The second kappa shape index (κ2) is 7.11. The monoisotopic (exact) mass is 362 g/mol. The minimum absolute atomic E-state index is 0. The van der Waals surface area contributed by atoms with Gasteiger partial charge in [0, 0.05) is 6.07 Å². The Balaban J connectivity index is 0.00000147. The maximum Gasteiger partial charge on any atom is 0.220 e. The molecule has 0 fully saturated rings. The average molecular weight is 363 g/mol. The van der Waals surface area contributed by atoms with E-state index in [0.29, 0.717) is 0 Å². The molecule has 0 radical (unpaired) electrons. The van der Waals surface area contributed by atoms with Crippen molar-refractivity contribution in [1.82, 2.24) is 0 Å². The standard InChI is InChI=1S/C17H15S2.BrH/c1-14-12-17(18-13-14)19(15-8-4-2-5-9-15)16-10-6-3-7-11-16;/h2-13H,1H3;1H/q+1;/p-1. The molecule has 1 aromatic heterocycles. The fourth-order valence-corrected chi connectivity index (χ4v) is 5.62. The van der Waals surface area contributed by atoms with E-state index in [1.807, 2.05) is 11.3 Å². The van der Waals surface area contributed by atoms with Gasteiger partial charge in [0.15, 0.2) is 9.79 Å². The number of rotatable bonds is 3. The van der Waals surface area contributed by atoms with Crippen LogP contribution in [0.2, 0.25) is 0 Å². The Bertz CT molecular complexity index is 608. The molecule has 0 saturated carbocycles. The maximum atomic E-state index is 2.31. The van der Waals surface area contributed by atoms with Crippen LogP contribution in [0.1, 0.15) is 5.56 Å². The van der Waals surface area contributed by atoms with Gasteiger partial charge in [-0.25, -0.2) is 0 Å². The first-order chi connectivity index (χ1) is 9.34. The lowest BCUT2D eigenvalue weighted by Crippen LogP contribution is -3.00. The SMILES string of the molecule is Cc1csc([S+](c2ccccc2)c2ccccc2)c1.[Br-]. The van der Waals surface area contributed by atoms with Crippen LogP contribution in [-0.2, 0) is 10.9 Å². The van der Waals surface area contributed by atoms with E-state index in [9.17, 15) is 0 Å². The number of thiophene rings is 1. The lowest BCUT2D eigenvalue weighted by Gasteiger charge is -2.04. The lowest BCUT2D eigenvalue weighted by atomic mass is 10.4. The summed E-state index contributed by atoms with van der Waals surface area (Å²) in [5.41, 5.74) is 1.35. The predicted octanol–water partition coefficient (Wildman–Crippen LogP) is 2.16. The molecule has 3 aromatic rings. The molecular weight excluding hydrogens is 348 g/mol. The van der Waals surface area contributed by atoms with Crippen molar-refractivity contribution in [2.75, 3.05) is 0 Å². The summed E-state index contributed by atoms with van der Waals surface area (Å²) in [5.74, 6) is 0. The summed E-state index contributed by atoms with van der Waals surface area (Å²) in [6.07, 6.45) is 0. The molecule has 0 amide bonds. The van der Waals surface area contributed by atoms with E-state index in [4.69, 9.17) is 0 Å². The van der Waals surface area contributed by atoms with Crippen molar-refractivity contribution < 1.29 is 17.0 Å². The van der Waals surface area contributed by atoms with Gasteiger partial charge in [0.05, 0.1) is 0 Å². The molecular formula is C17H15BrS2. The molecule has 0 atom stereocenters. The van der Waals surface area contributed by atoms with E-state index in [2.05, 4.69) is 79.0 Å². The van der Waals surface area contributed by atoms with E-state index < -0.39 is 0 Å². The van der Waals surface area contributed by atoms with Crippen LogP contribution in [0.3, 0.4) is 0 Å². The molecule has 0 unspecified atom stereocenters. The van der Waals surface area contributed by atoms with Crippen LogP contribution in [-0.4, -0.2) is 0 Å². The third-order valence-corrected chi connectivity index (χ3v) is 6.50. The predicted molar refractivity (Wildman–Crippen MR) is 84.1 cm³/mol. The minimum Gasteiger partial charge on any atom is -1.00 e. The average Bonchev–Trinajstić information content (AvgIpc) is 2.88. The molecule has 0 nitrogen and oxygen atoms in total. The zero-order valence-corrected chi connectivity index (χ0v) is 14.3. The van der Waals surface area contributed by atoms with E-state index in [0.717, 1.165) is 0 Å². The molecule has 0 aliphatic carbocycles. The highest BCUT2D eigenvalue weighted by Crippen LogP contribution is 2.34. The fourth-order valence-electron chi connectivity index (χ4n) is 1.99. The van der Waals surface area contributed by atoms with Gasteiger partial charge in [0.2, 0.25) is 4.21 Å². The summed E-state index contributed by atoms with van der Waals surface area (Å²) in [7, 11) is 0.0247. The van der Waals surface area contributed by atoms with Gasteiger partial charge < -0.3 is 17.0 Å². The number of aryl methyl sites for hydroxylation is 1. The topological polar surface area (TPSA) is 0 Å². The van der Waals surface area contributed by atoms with Gasteiger partial charge in [0.25, 0.3) is 0 Å². The summed E-state index contributed by atoms with van der Waals surface area (Å²) in [6.45, 7) is 2.16. The van der Waals surface area contributed by atoms with Gasteiger partial charge in [-0.3, -0.25) is 0 Å². The summed E-state index contributed by atoms with van der Waals surface area (Å²) >= 11 is 1.86. The van der Waals surface area contributed by atoms with Gasteiger partial charge in [0.1, 0.15) is 10.9 Å². The Morgan fingerprint density at radius 3 is 1.70 bits per heavy atom. The maximum absolute atomic E-state index is 2.31. The molecule has 0 bridgehead atoms. The first kappa shape index (κ1) is 15.4. The number of benzene rings is 2. The van der Waals surface area contributed by atoms with Crippen molar-refractivity contribution in [3.63, 3.8) is 0 Å². The third kappa shape index (κ3) is 3.35. The highest BCUT2D eigenvalue weighted by atomic mass is 79.9. The first-order valence-electron chi connectivity index (χ1n) is 6.24. The van der Waals surface area contributed by atoms with Gasteiger partial charge in [-0.1, -0.05) is 47.7 Å². The van der Waals surface area contributed by atoms with Crippen LogP contribution in [0, 0.1) is 6.92 Å². The summed E-state index contributed by atoms with van der Waals surface area (Å²) < 4.78 is 1.44. The van der Waals surface area contributed by atoms with Crippen molar-refractivity contribution in [3.05, 3.63) is 77.7 Å². The van der Waals surface area contributed by atoms with Gasteiger partial charge in [-0.15, -0.1) is 0 Å². The molecule has 3 rings (SSSR count). The summed E-state index contributed by atoms with van der Waals surface area (Å²) in [5, 5.41) is 2.24. The Morgan fingerprint density at radius 2 is 1.30 bits per heavy atom. The number of hydrogen-bond acceptors (Lipinski definition) is 1. The smallest absolute Gasteiger partial charge is 0.220 e. The van der Waals surface area contributed by atoms with Crippen LogP contribution < -0.4 is 17.0 Å². The Morgan fingerprint density at radius 1 is 0.800 bits per heavy atom. The van der Waals surface area contributed by atoms with Gasteiger partial charge in [-0.2, -0.15) is 0 Å². The summed E-state index contributed by atoms with van der Waals surface area (Å²) in [4.78, 5) is 2.77. The van der Waals surface area contributed by atoms with E-state index in [1.54, 1.807) is 0 Å². The van der Waals surface area contributed by atoms with Gasteiger partial charge >= 0.3 is 0 Å². The van der Waals surface area contributed by atoms with Gasteiger partial charge in [-0.05, 0) is 42.1 Å². The molecule has 0 aliphatic heterocycles. The second-order valence-corrected chi connectivity index (χ2v) is 7.54. The van der Waals surface area contributed by atoms with Crippen molar-refractivity contribution in [3.8, 4) is 0 Å². The quantitative estimate of drug-likeness (QED) is 0.626. The Kier molecular flexibility index (Phi) is 5.46. The van der Waals surface area contributed by atoms with E-state index in [1.165, 1.54) is 19.6 Å². The molecule has 1 heterocycles. The van der Waals surface area contributed by atoms with E-state index in [-0.39, 0.29) is 27.9 Å². The largest absolute Gasteiger partial charge is 1.00 e. The molecule has 102 valence electrons. The Labute approximate surface area is 137 Å². The van der Waals surface area contributed by atoms with Crippen molar-refractivity contribution >= 4 is 22.2 Å². The molecule has 0 spiro atoms. The third-order valence-electron chi connectivity index (χ3n) is 2.87. The molecule has 20 heavy (non-hydrogen) atoms. The minimum atomic E-state index is 0. The zero-order chi connectivity index (χ0) is 13.1. The lowest BCUT2D eigenvalue weighted by molar-refractivity contribution is -0.00000376. The van der Waals surface area contributed by atoms with Crippen molar-refractivity contribution in [1.29, 1.82) is 0 Å². The highest BCUT2D eigenvalue weighted by Gasteiger charge is 2.29. The number of hydrogen-bond donors (Lipinski definition) is 0. The van der Waals surface area contributed by atoms with E-state index >= 15 is 0 Å². The fraction of sp³-hybridized carbons (Fsp3) is 0.0588. The molecule has 2 aromatic carbocycles. The second-order valence-electron chi connectivity index (χ2n) is 4.38. The number of halogens is 1. The van der Waals surface area contributed by atoms with Crippen LogP contribution in [0.4, 0.5) is 0 Å². The summed E-state index contributed by atoms with van der Waals surface area (Å²) in [6, 6.07) is 23.9. The Hall–Kier alpha value is -1.03. The zero-order valence-electron chi connectivity index (χ0n) is 11.1. The van der Waals surface area contributed by atoms with Crippen LogP contribution >= 0.6 is 11.3 Å². The van der Waals surface area contributed by atoms with Crippen molar-refractivity contribution in [2.24, 2.45) is 0 Å².